The lowest BCUT2D eigenvalue weighted by Gasteiger charge is -2.23. The van der Waals surface area contributed by atoms with Gasteiger partial charge in [-0.1, -0.05) is 115 Å². The Balaban J connectivity index is 1.89. The molecule has 32 heavy (non-hydrogen) atoms. The van der Waals surface area contributed by atoms with Gasteiger partial charge in [0.2, 0.25) is 0 Å². The molecule has 0 aliphatic rings. The third kappa shape index (κ3) is 3.40. The molecule has 0 unspecified atom stereocenters. The number of benzene rings is 5. The van der Waals surface area contributed by atoms with Gasteiger partial charge in [0.15, 0.2) is 7.14 Å². The molecule has 0 fully saturated rings. The highest BCUT2D eigenvalue weighted by atomic mass is 31.2. The van der Waals surface area contributed by atoms with E-state index in [1.807, 2.05) is 72.8 Å². The third-order valence-electron chi connectivity index (χ3n) is 6.28. The average molecular weight is 433 g/mol. The van der Waals surface area contributed by atoms with E-state index in [0.29, 0.717) is 0 Å². The van der Waals surface area contributed by atoms with E-state index in [1.165, 1.54) is 11.1 Å². The highest BCUT2D eigenvalue weighted by Gasteiger charge is 2.31. The van der Waals surface area contributed by atoms with Crippen molar-refractivity contribution in [1.82, 2.24) is 0 Å². The molecule has 2 heteroatoms. The summed E-state index contributed by atoms with van der Waals surface area (Å²) >= 11 is 0. The Morgan fingerprint density at radius 3 is 1.75 bits per heavy atom. The van der Waals surface area contributed by atoms with Gasteiger partial charge in [-0.05, 0) is 41.5 Å². The fraction of sp³-hybridized carbons (Fsp3) is 0.0667. The predicted octanol–water partition coefficient (Wildman–Crippen LogP) is 6.76. The highest BCUT2D eigenvalue weighted by Crippen LogP contribution is 2.46. The van der Waals surface area contributed by atoms with Crippen LogP contribution in [0.3, 0.4) is 0 Å². The maximum atomic E-state index is 15.1. The highest BCUT2D eigenvalue weighted by molar-refractivity contribution is 7.85. The van der Waals surface area contributed by atoms with Gasteiger partial charge in [0.25, 0.3) is 0 Å². The zero-order valence-corrected chi connectivity index (χ0v) is 19.2. The topological polar surface area (TPSA) is 17.1 Å². The van der Waals surface area contributed by atoms with Crippen molar-refractivity contribution in [3.63, 3.8) is 0 Å². The first-order valence-corrected chi connectivity index (χ1v) is 12.6. The monoisotopic (exact) mass is 432 g/mol. The third-order valence-corrected chi connectivity index (χ3v) is 9.38. The molecule has 0 bridgehead atoms. The SMILES string of the molecule is Cc1ccc(-c2cccc3cccc(P(=O)(c4ccccc4)c4ccccc4)c23)cc1C. The van der Waals surface area contributed by atoms with Crippen molar-refractivity contribution in [3.8, 4) is 11.1 Å². The van der Waals surface area contributed by atoms with E-state index in [1.54, 1.807) is 0 Å². The Labute approximate surface area is 189 Å². The summed E-state index contributed by atoms with van der Waals surface area (Å²) in [6.45, 7) is 4.27. The van der Waals surface area contributed by atoms with Crippen LogP contribution >= 0.6 is 7.14 Å². The summed E-state index contributed by atoms with van der Waals surface area (Å²) in [6.07, 6.45) is 0. The standard InChI is InChI=1S/C30H25OP/c1-22-19-20-25(21-23(22)2)28-17-9-11-24-12-10-18-29(30(24)28)32(31,26-13-5-3-6-14-26)27-15-7-4-8-16-27/h3-21H,1-2H3. The summed E-state index contributed by atoms with van der Waals surface area (Å²) in [5, 5.41) is 4.77. The number of hydrogen-bond donors (Lipinski definition) is 0. The van der Waals surface area contributed by atoms with Gasteiger partial charge in [0, 0.05) is 21.3 Å². The van der Waals surface area contributed by atoms with Crippen LogP contribution in [0.25, 0.3) is 21.9 Å². The predicted molar refractivity (Wildman–Crippen MR) is 138 cm³/mol. The zero-order valence-electron chi connectivity index (χ0n) is 18.3. The normalized spacial score (nSPS) is 11.6. The van der Waals surface area contributed by atoms with Crippen LogP contribution in [0.5, 0.6) is 0 Å². The molecule has 0 spiro atoms. The van der Waals surface area contributed by atoms with Gasteiger partial charge in [-0.2, -0.15) is 0 Å². The van der Waals surface area contributed by atoms with Crippen LogP contribution in [0, 0.1) is 13.8 Å². The van der Waals surface area contributed by atoms with Crippen molar-refractivity contribution in [2.75, 3.05) is 0 Å². The summed E-state index contributed by atoms with van der Waals surface area (Å²) in [7, 11) is -3.09. The fourth-order valence-electron chi connectivity index (χ4n) is 4.44. The molecular formula is C30H25OP. The quantitative estimate of drug-likeness (QED) is 0.287. The van der Waals surface area contributed by atoms with E-state index in [2.05, 4.69) is 56.3 Å². The van der Waals surface area contributed by atoms with Crippen LogP contribution in [0.1, 0.15) is 11.1 Å². The second-order valence-electron chi connectivity index (χ2n) is 8.26. The Morgan fingerprint density at radius 1 is 0.562 bits per heavy atom. The molecule has 5 rings (SSSR count). The minimum absolute atomic E-state index is 0.855. The number of fused-ring (bicyclic) bond motifs is 1. The van der Waals surface area contributed by atoms with Crippen LogP contribution in [-0.2, 0) is 4.57 Å². The van der Waals surface area contributed by atoms with Crippen molar-refractivity contribution in [3.05, 3.63) is 126 Å². The fourth-order valence-corrected chi connectivity index (χ4v) is 7.34. The maximum absolute atomic E-state index is 15.1. The number of aryl methyl sites for hydroxylation is 2. The van der Waals surface area contributed by atoms with Gasteiger partial charge < -0.3 is 4.57 Å². The molecule has 0 saturated carbocycles. The molecule has 0 N–H and O–H groups in total. The molecule has 0 amide bonds. The zero-order chi connectivity index (χ0) is 22.1. The molecule has 1 nitrogen and oxygen atoms in total. The largest absolute Gasteiger partial charge is 0.309 e. The van der Waals surface area contributed by atoms with Crippen LogP contribution in [0.15, 0.2) is 115 Å². The van der Waals surface area contributed by atoms with Gasteiger partial charge in [-0.3, -0.25) is 0 Å². The lowest BCUT2D eigenvalue weighted by Crippen LogP contribution is -2.25. The molecule has 0 atom stereocenters. The first-order chi connectivity index (χ1) is 15.6. The van der Waals surface area contributed by atoms with Gasteiger partial charge in [-0.25, -0.2) is 0 Å². The van der Waals surface area contributed by atoms with Crippen molar-refractivity contribution in [1.29, 1.82) is 0 Å². The molecule has 156 valence electrons. The van der Waals surface area contributed by atoms with E-state index in [4.69, 9.17) is 0 Å². The molecular weight excluding hydrogens is 407 g/mol. The Bertz CT molecular complexity index is 1400. The van der Waals surface area contributed by atoms with Gasteiger partial charge in [-0.15, -0.1) is 0 Å². The van der Waals surface area contributed by atoms with Crippen LogP contribution in [-0.4, -0.2) is 0 Å². The molecule has 0 aliphatic carbocycles. The van der Waals surface area contributed by atoms with E-state index >= 15 is 4.57 Å². The summed E-state index contributed by atoms with van der Waals surface area (Å²) in [5.74, 6) is 0. The van der Waals surface area contributed by atoms with Gasteiger partial charge >= 0.3 is 0 Å². The molecule has 0 aliphatic heterocycles. The lowest BCUT2D eigenvalue weighted by molar-refractivity contribution is 0.592. The molecule has 0 saturated heterocycles. The van der Waals surface area contributed by atoms with Crippen LogP contribution in [0.4, 0.5) is 0 Å². The number of hydrogen-bond acceptors (Lipinski definition) is 1. The molecule has 0 heterocycles. The summed E-state index contributed by atoms with van der Waals surface area (Å²) in [6, 6.07) is 38.9. The van der Waals surface area contributed by atoms with Crippen LogP contribution in [0.2, 0.25) is 0 Å². The average Bonchev–Trinajstić information content (AvgIpc) is 2.85. The van der Waals surface area contributed by atoms with Crippen molar-refractivity contribution >= 4 is 33.8 Å². The van der Waals surface area contributed by atoms with E-state index in [-0.39, 0.29) is 0 Å². The first-order valence-electron chi connectivity index (χ1n) is 10.9. The van der Waals surface area contributed by atoms with E-state index in [0.717, 1.165) is 37.8 Å². The van der Waals surface area contributed by atoms with E-state index in [9.17, 15) is 0 Å². The van der Waals surface area contributed by atoms with Crippen molar-refractivity contribution in [2.24, 2.45) is 0 Å². The smallest absolute Gasteiger partial charge is 0.171 e. The number of rotatable bonds is 4. The Morgan fingerprint density at radius 2 is 1.16 bits per heavy atom. The lowest BCUT2D eigenvalue weighted by atomic mass is 9.96. The second-order valence-corrected chi connectivity index (χ2v) is 11.0. The van der Waals surface area contributed by atoms with Crippen molar-refractivity contribution < 1.29 is 4.57 Å². The van der Waals surface area contributed by atoms with E-state index < -0.39 is 7.14 Å². The molecule has 5 aromatic carbocycles. The minimum atomic E-state index is -3.09. The summed E-state index contributed by atoms with van der Waals surface area (Å²) < 4.78 is 15.1. The summed E-state index contributed by atoms with van der Waals surface area (Å²) in [5.41, 5.74) is 4.80. The van der Waals surface area contributed by atoms with Gasteiger partial charge in [0.05, 0.1) is 0 Å². The summed E-state index contributed by atoms with van der Waals surface area (Å²) in [4.78, 5) is 0. The van der Waals surface area contributed by atoms with Crippen molar-refractivity contribution in [2.45, 2.75) is 13.8 Å². The first kappa shape index (κ1) is 20.5. The molecule has 0 aromatic heterocycles. The maximum Gasteiger partial charge on any atom is 0.171 e. The van der Waals surface area contributed by atoms with Crippen LogP contribution < -0.4 is 15.9 Å². The molecule has 5 aromatic rings. The molecule has 0 radical (unpaired) electrons. The minimum Gasteiger partial charge on any atom is -0.309 e. The Hall–Kier alpha value is -3.41. The second kappa shape index (κ2) is 8.26. The van der Waals surface area contributed by atoms with Gasteiger partial charge in [0.1, 0.15) is 0 Å². The Kier molecular flexibility index (Phi) is 5.29.